The van der Waals surface area contributed by atoms with Crippen molar-refractivity contribution in [2.75, 3.05) is 6.54 Å². The smallest absolute Gasteiger partial charge is 0.0753 e. The maximum absolute atomic E-state index is 4.28. The zero-order valence-electron chi connectivity index (χ0n) is 10.0. The molecule has 1 N–H and O–H groups in total. The third kappa shape index (κ3) is 3.64. The number of hydrogen-bond donors (Lipinski definition) is 1. The molecule has 0 spiro atoms. The van der Waals surface area contributed by atoms with Gasteiger partial charge in [0.1, 0.15) is 0 Å². The Morgan fingerprint density at radius 1 is 1.18 bits per heavy atom. The fraction of sp³-hybridized carbons (Fsp3) is 0.286. The molecule has 0 saturated carbocycles. The summed E-state index contributed by atoms with van der Waals surface area (Å²) >= 11 is 0. The summed E-state index contributed by atoms with van der Waals surface area (Å²) in [6.45, 7) is 3.05. The first kappa shape index (κ1) is 11.7. The molecule has 1 unspecified atom stereocenters. The first-order valence-electron chi connectivity index (χ1n) is 5.89. The molecule has 2 aromatic rings. The molecule has 1 atom stereocenters. The summed E-state index contributed by atoms with van der Waals surface area (Å²) in [6.07, 6.45) is 6.26. The molecule has 17 heavy (non-hydrogen) atoms. The van der Waals surface area contributed by atoms with E-state index in [-0.39, 0.29) is 6.04 Å². The number of benzene rings is 1. The van der Waals surface area contributed by atoms with Crippen molar-refractivity contribution >= 4 is 0 Å². The highest BCUT2D eigenvalue weighted by Gasteiger charge is 2.04. The van der Waals surface area contributed by atoms with Crippen LogP contribution in [0.5, 0.6) is 0 Å². The number of hydrogen-bond acceptors (Lipinski definition) is 3. The van der Waals surface area contributed by atoms with Crippen LogP contribution in [0.4, 0.5) is 0 Å². The standard InChI is InChI=1S/C14H17N3/c1-12(14-11-15-9-10-17-14)16-8-7-13-5-3-2-4-6-13/h2-6,9-12,16H,7-8H2,1H3. The summed E-state index contributed by atoms with van der Waals surface area (Å²) in [4.78, 5) is 8.35. The molecule has 0 fully saturated rings. The lowest BCUT2D eigenvalue weighted by Gasteiger charge is -2.12. The highest BCUT2D eigenvalue weighted by atomic mass is 14.9. The van der Waals surface area contributed by atoms with E-state index in [1.54, 1.807) is 18.6 Å². The van der Waals surface area contributed by atoms with Crippen molar-refractivity contribution in [3.8, 4) is 0 Å². The quantitative estimate of drug-likeness (QED) is 0.852. The average molecular weight is 227 g/mol. The van der Waals surface area contributed by atoms with Gasteiger partial charge in [-0.25, -0.2) is 0 Å². The second-order valence-electron chi connectivity index (χ2n) is 4.04. The van der Waals surface area contributed by atoms with Gasteiger partial charge in [0, 0.05) is 24.6 Å². The maximum atomic E-state index is 4.28. The lowest BCUT2D eigenvalue weighted by atomic mass is 10.1. The average Bonchev–Trinajstić information content (AvgIpc) is 2.41. The van der Waals surface area contributed by atoms with Crippen molar-refractivity contribution in [3.63, 3.8) is 0 Å². The Morgan fingerprint density at radius 2 is 2.00 bits per heavy atom. The van der Waals surface area contributed by atoms with Crippen LogP contribution in [0.15, 0.2) is 48.9 Å². The van der Waals surface area contributed by atoms with Crippen molar-refractivity contribution in [3.05, 3.63) is 60.2 Å². The Kier molecular flexibility index (Phi) is 4.22. The van der Waals surface area contributed by atoms with Crippen LogP contribution in [0.1, 0.15) is 24.2 Å². The van der Waals surface area contributed by atoms with Gasteiger partial charge in [-0.05, 0) is 25.5 Å². The molecule has 0 radical (unpaired) electrons. The molecular formula is C14H17N3. The van der Waals surface area contributed by atoms with Gasteiger partial charge in [0.25, 0.3) is 0 Å². The van der Waals surface area contributed by atoms with E-state index in [9.17, 15) is 0 Å². The molecule has 3 heteroatoms. The maximum Gasteiger partial charge on any atom is 0.0753 e. The highest BCUT2D eigenvalue weighted by Crippen LogP contribution is 2.06. The Labute approximate surface area is 102 Å². The first-order valence-corrected chi connectivity index (χ1v) is 5.89. The van der Waals surface area contributed by atoms with Gasteiger partial charge in [0.2, 0.25) is 0 Å². The van der Waals surface area contributed by atoms with Crippen molar-refractivity contribution in [1.29, 1.82) is 0 Å². The molecule has 0 bridgehead atoms. The molecule has 2 rings (SSSR count). The summed E-state index contributed by atoms with van der Waals surface area (Å²) in [6, 6.07) is 10.7. The summed E-state index contributed by atoms with van der Waals surface area (Å²) in [7, 11) is 0. The first-order chi connectivity index (χ1) is 8.36. The SMILES string of the molecule is CC(NCCc1ccccc1)c1cnccn1. The fourth-order valence-corrected chi connectivity index (χ4v) is 1.72. The van der Waals surface area contributed by atoms with E-state index in [1.807, 2.05) is 6.07 Å². The van der Waals surface area contributed by atoms with E-state index in [2.05, 4.69) is 46.5 Å². The van der Waals surface area contributed by atoms with E-state index < -0.39 is 0 Å². The Bertz CT molecular complexity index is 428. The molecule has 1 heterocycles. The van der Waals surface area contributed by atoms with Gasteiger partial charge >= 0.3 is 0 Å². The molecule has 1 aromatic heterocycles. The van der Waals surface area contributed by atoms with Gasteiger partial charge in [0.05, 0.1) is 5.69 Å². The molecule has 0 aliphatic carbocycles. The highest BCUT2D eigenvalue weighted by molar-refractivity contribution is 5.15. The molecule has 0 aliphatic heterocycles. The molecular weight excluding hydrogens is 210 g/mol. The number of rotatable bonds is 5. The minimum absolute atomic E-state index is 0.243. The predicted molar refractivity (Wildman–Crippen MR) is 68.6 cm³/mol. The Morgan fingerprint density at radius 3 is 2.71 bits per heavy atom. The van der Waals surface area contributed by atoms with Gasteiger partial charge in [-0.15, -0.1) is 0 Å². The van der Waals surface area contributed by atoms with Gasteiger partial charge < -0.3 is 5.32 Å². The van der Waals surface area contributed by atoms with Gasteiger partial charge in [0.15, 0.2) is 0 Å². The van der Waals surface area contributed by atoms with Crippen LogP contribution in [0.2, 0.25) is 0 Å². The molecule has 0 saturated heterocycles. The molecule has 3 nitrogen and oxygen atoms in total. The normalized spacial score (nSPS) is 12.3. The minimum Gasteiger partial charge on any atom is -0.308 e. The van der Waals surface area contributed by atoms with E-state index in [4.69, 9.17) is 0 Å². The molecule has 88 valence electrons. The van der Waals surface area contributed by atoms with Gasteiger partial charge in [-0.3, -0.25) is 9.97 Å². The van der Waals surface area contributed by atoms with Gasteiger partial charge in [-0.2, -0.15) is 0 Å². The lowest BCUT2D eigenvalue weighted by molar-refractivity contribution is 0.562. The topological polar surface area (TPSA) is 37.8 Å². The van der Waals surface area contributed by atoms with Crippen LogP contribution in [0, 0.1) is 0 Å². The largest absolute Gasteiger partial charge is 0.308 e. The third-order valence-corrected chi connectivity index (χ3v) is 2.73. The second-order valence-corrected chi connectivity index (χ2v) is 4.04. The third-order valence-electron chi connectivity index (χ3n) is 2.73. The lowest BCUT2D eigenvalue weighted by Crippen LogP contribution is -2.22. The molecule has 0 amide bonds. The monoisotopic (exact) mass is 227 g/mol. The molecule has 1 aromatic carbocycles. The summed E-state index contributed by atoms with van der Waals surface area (Å²) < 4.78 is 0. The van der Waals surface area contributed by atoms with E-state index in [0.29, 0.717) is 0 Å². The Hall–Kier alpha value is -1.74. The van der Waals surface area contributed by atoms with Crippen LogP contribution in [0.3, 0.4) is 0 Å². The predicted octanol–water partition coefficient (Wildman–Crippen LogP) is 2.37. The summed E-state index contributed by atoms with van der Waals surface area (Å²) in [5, 5.41) is 3.44. The minimum atomic E-state index is 0.243. The van der Waals surface area contributed by atoms with Crippen molar-refractivity contribution in [2.24, 2.45) is 0 Å². The molecule has 0 aliphatic rings. The van der Waals surface area contributed by atoms with E-state index in [0.717, 1.165) is 18.7 Å². The number of nitrogens with zero attached hydrogens (tertiary/aromatic N) is 2. The Balaban J connectivity index is 1.79. The second kappa shape index (κ2) is 6.11. The van der Waals surface area contributed by atoms with Crippen LogP contribution < -0.4 is 5.32 Å². The number of aromatic nitrogens is 2. The van der Waals surface area contributed by atoms with Crippen molar-refractivity contribution in [2.45, 2.75) is 19.4 Å². The van der Waals surface area contributed by atoms with Crippen LogP contribution in [-0.2, 0) is 6.42 Å². The van der Waals surface area contributed by atoms with Crippen molar-refractivity contribution < 1.29 is 0 Å². The van der Waals surface area contributed by atoms with Crippen molar-refractivity contribution in [1.82, 2.24) is 15.3 Å². The summed E-state index contributed by atoms with van der Waals surface area (Å²) in [5.74, 6) is 0. The zero-order chi connectivity index (χ0) is 11.9. The van der Waals surface area contributed by atoms with Crippen LogP contribution >= 0.6 is 0 Å². The zero-order valence-corrected chi connectivity index (χ0v) is 10.0. The van der Waals surface area contributed by atoms with E-state index in [1.165, 1.54) is 5.56 Å². The van der Waals surface area contributed by atoms with E-state index >= 15 is 0 Å². The van der Waals surface area contributed by atoms with Crippen LogP contribution in [0.25, 0.3) is 0 Å². The number of nitrogens with one attached hydrogen (secondary N) is 1. The fourth-order valence-electron chi connectivity index (χ4n) is 1.72. The van der Waals surface area contributed by atoms with Crippen LogP contribution in [-0.4, -0.2) is 16.5 Å². The summed E-state index contributed by atoms with van der Waals surface area (Å²) in [5.41, 5.74) is 2.34. The van der Waals surface area contributed by atoms with Gasteiger partial charge in [-0.1, -0.05) is 30.3 Å².